The third-order valence-electron chi connectivity index (χ3n) is 4.22. The number of nitrogens with two attached hydrogens (primary N) is 1. The lowest BCUT2D eigenvalue weighted by Crippen LogP contribution is -2.56. The van der Waals surface area contributed by atoms with Crippen molar-refractivity contribution in [3.8, 4) is 0 Å². The summed E-state index contributed by atoms with van der Waals surface area (Å²) in [6, 6.07) is 4.50. The van der Waals surface area contributed by atoms with Gasteiger partial charge in [-0.2, -0.15) is 18.3 Å². The maximum Gasteiger partial charge on any atom is 0.416 e. The molecule has 148 valence electrons. The van der Waals surface area contributed by atoms with Crippen molar-refractivity contribution in [1.29, 1.82) is 0 Å². The Labute approximate surface area is 163 Å². The van der Waals surface area contributed by atoms with Crippen LogP contribution in [0.15, 0.2) is 29.4 Å². The first-order valence-corrected chi connectivity index (χ1v) is 10.1. The van der Waals surface area contributed by atoms with Gasteiger partial charge in [-0.1, -0.05) is 23.9 Å². The molecule has 0 radical (unpaired) electrons. The Balaban J connectivity index is 1.63. The van der Waals surface area contributed by atoms with E-state index in [0.717, 1.165) is 17.7 Å². The van der Waals surface area contributed by atoms with Crippen molar-refractivity contribution in [2.24, 2.45) is 10.8 Å². The monoisotopic (exact) mass is 420 g/mol. The minimum absolute atomic E-state index is 0.292. The lowest BCUT2D eigenvalue weighted by atomic mass is 10.1. The molecule has 27 heavy (non-hydrogen) atoms. The summed E-state index contributed by atoms with van der Waals surface area (Å²) in [5.74, 6) is 0.00115. The highest BCUT2D eigenvalue weighted by Gasteiger charge is 2.39. The van der Waals surface area contributed by atoms with Crippen molar-refractivity contribution in [3.05, 3.63) is 35.4 Å². The van der Waals surface area contributed by atoms with Crippen LogP contribution in [-0.2, 0) is 21.5 Å². The molecular weight excluding hydrogens is 401 g/mol. The molecule has 2 aliphatic heterocycles. The van der Waals surface area contributed by atoms with Crippen molar-refractivity contribution in [2.75, 3.05) is 26.3 Å². The van der Waals surface area contributed by atoms with E-state index in [1.165, 1.54) is 35.8 Å². The molecule has 1 saturated heterocycles. The summed E-state index contributed by atoms with van der Waals surface area (Å²) >= 11 is 2.74. The highest BCUT2D eigenvalue weighted by atomic mass is 32.2. The number of benzene rings is 1. The SMILES string of the molecule is NC(=O)C(C1SC=NN1SCc1ccc(C(F)(F)F)cc1)N1CCOCC1. The zero-order valence-electron chi connectivity index (χ0n) is 14.3. The normalized spacial score (nSPS) is 22.2. The van der Waals surface area contributed by atoms with E-state index < -0.39 is 23.7 Å². The van der Waals surface area contributed by atoms with Crippen LogP contribution in [0.1, 0.15) is 11.1 Å². The van der Waals surface area contributed by atoms with E-state index in [9.17, 15) is 18.0 Å². The standard InChI is InChI=1S/C16H19F3N4O2S2/c17-16(18,19)12-3-1-11(2-4-12)9-27-23-15(26-10-21-23)13(14(20)24)22-5-7-25-8-6-22/h1-4,10,13,15H,5-9H2,(H2,20,24). The molecule has 11 heteroatoms. The van der Waals surface area contributed by atoms with Crippen LogP contribution in [0.5, 0.6) is 0 Å². The van der Waals surface area contributed by atoms with Crippen molar-refractivity contribution < 1.29 is 22.7 Å². The second-order valence-electron chi connectivity index (χ2n) is 6.01. The number of nitrogens with zero attached hydrogens (tertiary/aromatic N) is 3. The molecule has 2 aliphatic rings. The van der Waals surface area contributed by atoms with Crippen LogP contribution in [0, 0.1) is 0 Å². The van der Waals surface area contributed by atoms with E-state index in [-0.39, 0.29) is 5.37 Å². The maximum atomic E-state index is 12.7. The van der Waals surface area contributed by atoms with Crippen molar-refractivity contribution in [2.45, 2.75) is 23.3 Å². The number of alkyl halides is 3. The molecule has 0 saturated carbocycles. The van der Waals surface area contributed by atoms with E-state index in [1.54, 1.807) is 9.96 Å². The minimum atomic E-state index is -4.35. The zero-order chi connectivity index (χ0) is 19.4. The molecule has 2 atom stereocenters. The van der Waals surface area contributed by atoms with Crippen LogP contribution >= 0.6 is 23.7 Å². The van der Waals surface area contributed by atoms with Crippen LogP contribution in [0.4, 0.5) is 13.2 Å². The second-order valence-corrected chi connectivity index (χ2v) is 7.90. The van der Waals surface area contributed by atoms with Crippen molar-refractivity contribution in [3.63, 3.8) is 0 Å². The first-order valence-electron chi connectivity index (χ1n) is 8.23. The third kappa shape index (κ3) is 5.09. The Hall–Kier alpha value is -1.43. The molecule has 2 N–H and O–H groups in total. The number of hydrogen-bond acceptors (Lipinski definition) is 7. The molecule has 2 unspecified atom stereocenters. The Morgan fingerprint density at radius 3 is 2.59 bits per heavy atom. The summed E-state index contributed by atoms with van der Waals surface area (Å²) in [6.07, 6.45) is -4.35. The van der Waals surface area contributed by atoms with Gasteiger partial charge < -0.3 is 10.5 Å². The van der Waals surface area contributed by atoms with Crippen molar-refractivity contribution >= 4 is 35.2 Å². The highest BCUT2D eigenvalue weighted by Crippen LogP contribution is 2.35. The fourth-order valence-electron chi connectivity index (χ4n) is 2.84. The van der Waals surface area contributed by atoms with Gasteiger partial charge in [0.15, 0.2) is 0 Å². The summed E-state index contributed by atoms with van der Waals surface area (Å²) < 4.78 is 45.0. The quantitative estimate of drug-likeness (QED) is 0.713. The Kier molecular flexibility index (Phi) is 6.56. The molecule has 1 aromatic carbocycles. The number of halogens is 3. The van der Waals surface area contributed by atoms with Crippen LogP contribution in [0.3, 0.4) is 0 Å². The molecule has 1 aromatic rings. The molecule has 2 heterocycles. The number of hydrogen-bond donors (Lipinski definition) is 1. The molecule has 0 spiro atoms. The summed E-state index contributed by atoms with van der Waals surface area (Å²) in [5.41, 5.74) is 7.36. The third-order valence-corrected chi connectivity index (χ3v) is 6.36. The van der Waals surface area contributed by atoms with E-state index >= 15 is 0 Å². The number of carbonyl (C=O) groups is 1. The highest BCUT2D eigenvalue weighted by molar-refractivity contribution is 8.13. The van der Waals surface area contributed by atoms with Crippen LogP contribution in [0.25, 0.3) is 0 Å². The predicted molar refractivity (Wildman–Crippen MR) is 99.8 cm³/mol. The number of ether oxygens (including phenoxy) is 1. The fourth-order valence-corrected chi connectivity index (χ4v) is 4.98. The first-order chi connectivity index (χ1) is 12.9. The Bertz CT molecular complexity index is 681. The van der Waals surface area contributed by atoms with Gasteiger partial charge >= 0.3 is 6.18 Å². The lowest BCUT2D eigenvalue weighted by molar-refractivity contribution is -0.137. The van der Waals surface area contributed by atoms with Gasteiger partial charge in [0.2, 0.25) is 5.91 Å². The van der Waals surface area contributed by atoms with Gasteiger partial charge in [0, 0.05) is 18.8 Å². The number of morpholine rings is 1. The molecule has 0 aliphatic carbocycles. The first kappa shape index (κ1) is 20.3. The molecule has 0 bridgehead atoms. The fraction of sp³-hybridized carbons (Fsp3) is 0.500. The van der Waals surface area contributed by atoms with E-state index in [1.807, 2.05) is 4.90 Å². The van der Waals surface area contributed by atoms with Gasteiger partial charge in [0.25, 0.3) is 0 Å². The Morgan fingerprint density at radius 2 is 2.00 bits per heavy atom. The average molecular weight is 420 g/mol. The summed E-state index contributed by atoms with van der Waals surface area (Å²) in [5, 5.41) is 3.98. The van der Waals surface area contributed by atoms with Gasteiger partial charge in [0.1, 0.15) is 11.4 Å². The number of hydrazone groups is 1. The zero-order valence-corrected chi connectivity index (χ0v) is 15.9. The maximum absolute atomic E-state index is 12.7. The van der Waals surface area contributed by atoms with Crippen LogP contribution in [0.2, 0.25) is 0 Å². The molecule has 1 fully saturated rings. The summed E-state index contributed by atoms with van der Waals surface area (Å²) in [6.45, 7) is 2.31. The molecule has 6 nitrogen and oxygen atoms in total. The average Bonchev–Trinajstić information content (AvgIpc) is 3.08. The smallest absolute Gasteiger partial charge is 0.379 e. The Morgan fingerprint density at radius 1 is 1.33 bits per heavy atom. The topological polar surface area (TPSA) is 71.2 Å². The second kappa shape index (κ2) is 8.72. The van der Waals surface area contributed by atoms with E-state index in [2.05, 4.69) is 5.10 Å². The van der Waals surface area contributed by atoms with Gasteiger partial charge in [0.05, 0.1) is 24.3 Å². The lowest BCUT2D eigenvalue weighted by Gasteiger charge is -2.37. The predicted octanol–water partition coefficient (Wildman–Crippen LogP) is 2.36. The number of primary amides is 1. The summed E-state index contributed by atoms with van der Waals surface area (Å²) in [7, 11) is 0. The van der Waals surface area contributed by atoms with Gasteiger partial charge in [-0.05, 0) is 29.6 Å². The van der Waals surface area contributed by atoms with E-state index in [4.69, 9.17) is 10.5 Å². The largest absolute Gasteiger partial charge is 0.416 e. The van der Waals surface area contributed by atoms with Gasteiger partial charge in [-0.3, -0.25) is 9.69 Å². The molecule has 3 rings (SSSR count). The van der Waals surface area contributed by atoms with E-state index in [0.29, 0.717) is 32.1 Å². The molecular formula is C16H19F3N4O2S2. The number of carbonyl (C=O) groups excluding carboxylic acids is 1. The molecule has 0 aromatic heterocycles. The van der Waals surface area contributed by atoms with Gasteiger partial charge in [-0.25, -0.2) is 4.41 Å². The number of thioether (sulfide) groups is 1. The van der Waals surface area contributed by atoms with Crippen LogP contribution in [-0.4, -0.2) is 58.5 Å². The number of amides is 1. The number of rotatable bonds is 6. The molecule has 1 amide bonds. The van der Waals surface area contributed by atoms with Crippen molar-refractivity contribution in [1.82, 2.24) is 9.31 Å². The van der Waals surface area contributed by atoms with Crippen LogP contribution < -0.4 is 5.73 Å². The summed E-state index contributed by atoms with van der Waals surface area (Å²) in [4.78, 5) is 14.1. The minimum Gasteiger partial charge on any atom is -0.379 e. The van der Waals surface area contributed by atoms with Gasteiger partial charge in [-0.15, -0.1) is 0 Å².